The Bertz CT molecular complexity index is 672. The molecule has 1 aliphatic rings. The number of hydrogen-bond donors (Lipinski definition) is 1. The summed E-state index contributed by atoms with van der Waals surface area (Å²) >= 11 is 0. The maximum atomic E-state index is 12.8. The molecule has 5 nitrogen and oxygen atoms in total. The molecule has 21 heavy (non-hydrogen) atoms. The second kappa shape index (κ2) is 5.69. The van der Waals surface area contributed by atoms with Gasteiger partial charge >= 0.3 is 0 Å². The number of carbonyl (C=O) groups is 1. The van der Waals surface area contributed by atoms with E-state index in [4.69, 9.17) is 10.5 Å². The number of hydrogen-bond acceptors (Lipinski definition) is 4. The summed E-state index contributed by atoms with van der Waals surface area (Å²) in [5.41, 5.74) is 6.50. The first-order valence-electron chi connectivity index (χ1n) is 7.21. The van der Waals surface area contributed by atoms with Crippen molar-refractivity contribution in [3.63, 3.8) is 0 Å². The number of pyridine rings is 1. The van der Waals surface area contributed by atoms with Crippen LogP contribution in [0.25, 0.3) is 10.8 Å². The molecule has 1 aliphatic heterocycles. The Labute approximate surface area is 123 Å². The van der Waals surface area contributed by atoms with Crippen LogP contribution in [0.5, 0.6) is 0 Å². The van der Waals surface area contributed by atoms with Crippen LogP contribution in [-0.4, -0.2) is 41.6 Å². The molecule has 1 aromatic carbocycles. The predicted molar refractivity (Wildman–Crippen MR) is 82.1 cm³/mol. The average molecular weight is 285 g/mol. The second-order valence-electron chi connectivity index (χ2n) is 5.39. The van der Waals surface area contributed by atoms with Crippen LogP contribution in [0.2, 0.25) is 0 Å². The number of nitrogens with zero attached hydrogens (tertiary/aromatic N) is 2. The maximum Gasteiger partial charge on any atom is 0.256 e. The summed E-state index contributed by atoms with van der Waals surface area (Å²) in [5, 5.41) is 1.68. The highest BCUT2D eigenvalue weighted by molar-refractivity contribution is 6.08. The lowest BCUT2D eigenvalue weighted by atomic mass is 10.1. The van der Waals surface area contributed by atoms with Crippen molar-refractivity contribution in [3.05, 3.63) is 36.0 Å². The fraction of sp³-hybridized carbons (Fsp3) is 0.375. The molecule has 110 valence electrons. The second-order valence-corrected chi connectivity index (χ2v) is 5.39. The van der Waals surface area contributed by atoms with Crippen molar-refractivity contribution in [1.29, 1.82) is 0 Å². The monoisotopic (exact) mass is 285 g/mol. The van der Waals surface area contributed by atoms with Gasteiger partial charge in [0.25, 0.3) is 5.91 Å². The number of anilines is 1. The van der Waals surface area contributed by atoms with Gasteiger partial charge in [0.2, 0.25) is 0 Å². The summed E-state index contributed by atoms with van der Waals surface area (Å²) in [6.45, 7) is 4.01. The summed E-state index contributed by atoms with van der Waals surface area (Å²) in [6.07, 6.45) is 2.50. The van der Waals surface area contributed by atoms with E-state index in [1.807, 2.05) is 36.1 Å². The zero-order valence-electron chi connectivity index (χ0n) is 12.1. The summed E-state index contributed by atoms with van der Waals surface area (Å²) < 4.78 is 5.60. The van der Waals surface area contributed by atoms with Crippen LogP contribution in [0.15, 0.2) is 30.5 Å². The van der Waals surface area contributed by atoms with E-state index in [0.717, 1.165) is 17.2 Å². The number of carbonyl (C=O) groups excluding carboxylic acids is 1. The summed E-state index contributed by atoms with van der Waals surface area (Å²) in [7, 11) is 0. The topological polar surface area (TPSA) is 68.5 Å². The molecule has 1 saturated heterocycles. The molecule has 1 fully saturated rings. The number of benzene rings is 1. The van der Waals surface area contributed by atoms with E-state index < -0.39 is 0 Å². The minimum Gasteiger partial charge on any atom is -0.383 e. The van der Waals surface area contributed by atoms with Gasteiger partial charge < -0.3 is 15.4 Å². The van der Waals surface area contributed by atoms with Crippen molar-refractivity contribution in [1.82, 2.24) is 9.88 Å². The molecule has 0 aliphatic carbocycles. The first-order valence-corrected chi connectivity index (χ1v) is 7.21. The Morgan fingerprint density at radius 3 is 2.95 bits per heavy atom. The Hall–Kier alpha value is -2.14. The van der Waals surface area contributed by atoms with E-state index in [1.54, 1.807) is 6.20 Å². The van der Waals surface area contributed by atoms with E-state index in [0.29, 0.717) is 31.1 Å². The number of amides is 1. The Kier molecular flexibility index (Phi) is 3.75. The number of nitrogen functional groups attached to an aromatic ring is 1. The smallest absolute Gasteiger partial charge is 0.256 e. The molecule has 3 rings (SSSR count). The molecule has 0 saturated carbocycles. The molecule has 5 heteroatoms. The molecule has 1 amide bonds. The van der Waals surface area contributed by atoms with Crippen LogP contribution in [0.3, 0.4) is 0 Å². The van der Waals surface area contributed by atoms with E-state index in [1.165, 1.54) is 0 Å². The number of nitrogens with two attached hydrogens (primary N) is 1. The van der Waals surface area contributed by atoms with Crippen molar-refractivity contribution >= 4 is 22.5 Å². The molecule has 1 aromatic heterocycles. The third-order valence-electron chi connectivity index (χ3n) is 3.80. The number of rotatable bonds is 1. The Balaban J connectivity index is 2.00. The minimum absolute atomic E-state index is 0.00366. The molecular formula is C16H19N3O2. The Morgan fingerprint density at radius 1 is 1.38 bits per heavy atom. The molecule has 2 heterocycles. The highest BCUT2D eigenvalue weighted by atomic mass is 16.5. The lowest BCUT2D eigenvalue weighted by Gasteiger charge is -2.22. The molecule has 2 aromatic rings. The summed E-state index contributed by atoms with van der Waals surface area (Å²) in [4.78, 5) is 18.8. The largest absolute Gasteiger partial charge is 0.383 e. The lowest BCUT2D eigenvalue weighted by molar-refractivity contribution is 0.0563. The highest BCUT2D eigenvalue weighted by Crippen LogP contribution is 2.24. The summed E-state index contributed by atoms with van der Waals surface area (Å²) in [6, 6.07) is 7.62. The first kappa shape index (κ1) is 13.8. The average Bonchev–Trinajstić information content (AvgIpc) is 2.72. The molecule has 0 spiro atoms. The molecule has 1 atom stereocenters. The van der Waals surface area contributed by atoms with Crippen LogP contribution >= 0.6 is 0 Å². The molecule has 0 radical (unpaired) electrons. The standard InChI is InChI=1S/C16H19N3O2/c1-11-10-19(7-4-8-21-11)16(20)14-9-18-15(17)13-6-3-2-5-12(13)14/h2-3,5-6,9,11H,4,7-8,10H2,1H3,(H2,17,18). The van der Waals surface area contributed by atoms with E-state index >= 15 is 0 Å². The van der Waals surface area contributed by atoms with Gasteiger partial charge in [0.05, 0.1) is 11.7 Å². The first-order chi connectivity index (χ1) is 10.2. The molecular weight excluding hydrogens is 266 g/mol. The predicted octanol–water partition coefficient (Wildman–Crippen LogP) is 2.07. The van der Waals surface area contributed by atoms with Gasteiger partial charge in [-0.25, -0.2) is 4.98 Å². The summed E-state index contributed by atoms with van der Waals surface area (Å²) in [5.74, 6) is 0.450. The normalized spacial score (nSPS) is 19.5. The fourth-order valence-corrected chi connectivity index (χ4v) is 2.73. The fourth-order valence-electron chi connectivity index (χ4n) is 2.73. The van der Waals surface area contributed by atoms with Crippen LogP contribution in [0, 0.1) is 0 Å². The van der Waals surface area contributed by atoms with Gasteiger partial charge in [-0.1, -0.05) is 24.3 Å². The van der Waals surface area contributed by atoms with Gasteiger partial charge in [-0.05, 0) is 18.7 Å². The third kappa shape index (κ3) is 2.69. The number of aromatic nitrogens is 1. The van der Waals surface area contributed by atoms with E-state index in [2.05, 4.69) is 4.98 Å². The SMILES string of the molecule is CC1CN(C(=O)c2cnc(N)c3ccccc23)CCCO1. The van der Waals surface area contributed by atoms with Gasteiger partial charge in [0, 0.05) is 31.3 Å². The van der Waals surface area contributed by atoms with Crippen molar-refractivity contribution in [2.45, 2.75) is 19.4 Å². The van der Waals surface area contributed by atoms with Crippen molar-refractivity contribution in [3.8, 4) is 0 Å². The third-order valence-corrected chi connectivity index (χ3v) is 3.80. The van der Waals surface area contributed by atoms with Crippen molar-refractivity contribution in [2.75, 3.05) is 25.4 Å². The van der Waals surface area contributed by atoms with Crippen molar-refractivity contribution < 1.29 is 9.53 Å². The van der Waals surface area contributed by atoms with Crippen LogP contribution in [0.1, 0.15) is 23.7 Å². The van der Waals surface area contributed by atoms with Crippen molar-refractivity contribution in [2.24, 2.45) is 0 Å². The quantitative estimate of drug-likeness (QED) is 0.871. The number of ether oxygens (including phenoxy) is 1. The van der Waals surface area contributed by atoms with Gasteiger partial charge in [0.1, 0.15) is 5.82 Å². The van der Waals surface area contributed by atoms with Crippen LogP contribution < -0.4 is 5.73 Å². The molecule has 0 bridgehead atoms. The van der Waals surface area contributed by atoms with Gasteiger partial charge in [-0.3, -0.25) is 4.79 Å². The lowest BCUT2D eigenvalue weighted by Crippen LogP contribution is -2.36. The Morgan fingerprint density at radius 2 is 2.14 bits per heavy atom. The van der Waals surface area contributed by atoms with Crippen LogP contribution in [-0.2, 0) is 4.74 Å². The number of fused-ring (bicyclic) bond motifs is 1. The maximum absolute atomic E-state index is 12.8. The van der Waals surface area contributed by atoms with E-state index in [-0.39, 0.29) is 12.0 Å². The van der Waals surface area contributed by atoms with Gasteiger partial charge in [0.15, 0.2) is 0 Å². The zero-order valence-corrected chi connectivity index (χ0v) is 12.1. The van der Waals surface area contributed by atoms with Gasteiger partial charge in [-0.15, -0.1) is 0 Å². The molecule has 1 unspecified atom stereocenters. The zero-order chi connectivity index (χ0) is 14.8. The highest BCUT2D eigenvalue weighted by Gasteiger charge is 2.23. The van der Waals surface area contributed by atoms with Gasteiger partial charge in [-0.2, -0.15) is 0 Å². The minimum atomic E-state index is -0.00366. The van der Waals surface area contributed by atoms with E-state index in [9.17, 15) is 4.79 Å². The molecule has 2 N–H and O–H groups in total. The van der Waals surface area contributed by atoms with Crippen LogP contribution in [0.4, 0.5) is 5.82 Å².